The fourth-order valence-corrected chi connectivity index (χ4v) is 1.51. The molecule has 0 rings (SSSR count). The minimum absolute atomic E-state index is 0.0351. The van der Waals surface area contributed by atoms with E-state index in [1.54, 1.807) is 13.0 Å². The smallest absolute Gasteiger partial charge is 0.249 e. The number of carbonyl (C=O) groups is 1. The van der Waals surface area contributed by atoms with Crippen molar-refractivity contribution in [3.63, 3.8) is 0 Å². The Bertz CT molecular complexity index is 229. The highest BCUT2D eigenvalue weighted by Gasteiger charge is 2.17. The van der Waals surface area contributed by atoms with Gasteiger partial charge in [0.15, 0.2) is 0 Å². The van der Waals surface area contributed by atoms with Gasteiger partial charge in [-0.25, -0.2) is 0 Å². The van der Waals surface area contributed by atoms with Gasteiger partial charge in [0, 0.05) is 12.6 Å². The van der Waals surface area contributed by atoms with Gasteiger partial charge in [0.1, 0.15) is 6.10 Å². The Balaban J connectivity index is 3.98. The first-order chi connectivity index (χ1) is 8.01. The minimum atomic E-state index is -0.434. The number of hydrogen-bond donors (Lipinski definition) is 2. The second-order valence-electron chi connectivity index (χ2n) is 4.66. The van der Waals surface area contributed by atoms with Gasteiger partial charge in [0.2, 0.25) is 5.91 Å². The molecule has 0 aromatic carbocycles. The van der Waals surface area contributed by atoms with E-state index >= 15 is 0 Å². The maximum absolute atomic E-state index is 11.8. The molecule has 1 amide bonds. The van der Waals surface area contributed by atoms with E-state index in [1.165, 1.54) is 0 Å². The first kappa shape index (κ1) is 16.1. The molecule has 0 bridgehead atoms. The molecule has 0 fully saturated rings. The van der Waals surface area contributed by atoms with Crippen molar-refractivity contribution in [1.82, 2.24) is 5.32 Å². The molecule has 0 aliphatic heterocycles. The molecule has 0 saturated carbocycles. The Hall–Kier alpha value is -0.870. The van der Waals surface area contributed by atoms with Gasteiger partial charge in [-0.2, -0.15) is 0 Å². The van der Waals surface area contributed by atoms with Gasteiger partial charge >= 0.3 is 0 Å². The van der Waals surface area contributed by atoms with Gasteiger partial charge in [0.25, 0.3) is 0 Å². The largest absolute Gasteiger partial charge is 0.368 e. The monoisotopic (exact) mass is 242 g/mol. The quantitative estimate of drug-likeness (QED) is 0.475. The molecular formula is C13H26N2O2. The standard InChI is InChI=1S/C13H26N2O2/c1-5-6-7-17-11(4)13(16)15-12(9-14)8-10(2)3/h5,10-12H,1,6-9,14H2,2-4H3,(H,15,16). The fraction of sp³-hybridized carbons (Fsp3) is 0.769. The Morgan fingerprint density at radius 3 is 2.59 bits per heavy atom. The van der Waals surface area contributed by atoms with Crippen molar-refractivity contribution in [2.24, 2.45) is 11.7 Å². The van der Waals surface area contributed by atoms with Crippen LogP contribution in [0, 0.1) is 5.92 Å². The van der Waals surface area contributed by atoms with E-state index in [1.807, 2.05) is 0 Å². The van der Waals surface area contributed by atoms with E-state index in [0.29, 0.717) is 19.1 Å². The van der Waals surface area contributed by atoms with E-state index in [9.17, 15) is 4.79 Å². The number of nitrogens with two attached hydrogens (primary N) is 1. The molecule has 0 aliphatic rings. The van der Waals surface area contributed by atoms with Crippen LogP contribution < -0.4 is 11.1 Å². The van der Waals surface area contributed by atoms with E-state index in [2.05, 4.69) is 25.7 Å². The molecular weight excluding hydrogens is 216 g/mol. The van der Waals surface area contributed by atoms with Crippen LogP contribution in [0.1, 0.15) is 33.6 Å². The Morgan fingerprint density at radius 1 is 1.47 bits per heavy atom. The summed E-state index contributed by atoms with van der Waals surface area (Å²) in [6, 6.07) is 0.0351. The molecule has 0 aliphatic carbocycles. The van der Waals surface area contributed by atoms with Crippen molar-refractivity contribution in [1.29, 1.82) is 0 Å². The Labute approximate surface area is 105 Å². The van der Waals surface area contributed by atoms with Crippen LogP contribution >= 0.6 is 0 Å². The van der Waals surface area contributed by atoms with Crippen molar-refractivity contribution >= 4 is 5.91 Å². The third kappa shape index (κ3) is 7.94. The average Bonchev–Trinajstić information content (AvgIpc) is 2.27. The second-order valence-corrected chi connectivity index (χ2v) is 4.66. The predicted molar refractivity (Wildman–Crippen MR) is 70.7 cm³/mol. The fourth-order valence-electron chi connectivity index (χ4n) is 1.51. The summed E-state index contributed by atoms with van der Waals surface area (Å²) in [5.74, 6) is 0.422. The highest BCUT2D eigenvalue weighted by Crippen LogP contribution is 2.04. The maximum Gasteiger partial charge on any atom is 0.249 e. The minimum Gasteiger partial charge on any atom is -0.368 e. The zero-order valence-corrected chi connectivity index (χ0v) is 11.2. The molecule has 4 nitrogen and oxygen atoms in total. The third-order valence-corrected chi connectivity index (χ3v) is 2.45. The summed E-state index contributed by atoms with van der Waals surface area (Å²) in [7, 11) is 0. The van der Waals surface area contributed by atoms with E-state index in [4.69, 9.17) is 10.5 Å². The van der Waals surface area contributed by atoms with E-state index < -0.39 is 6.10 Å². The Morgan fingerprint density at radius 2 is 2.12 bits per heavy atom. The van der Waals surface area contributed by atoms with Crippen molar-refractivity contribution in [2.45, 2.75) is 45.8 Å². The van der Waals surface area contributed by atoms with Crippen molar-refractivity contribution in [3.8, 4) is 0 Å². The van der Waals surface area contributed by atoms with Gasteiger partial charge in [-0.05, 0) is 25.7 Å². The lowest BCUT2D eigenvalue weighted by Gasteiger charge is -2.21. The second kappa shape index (κ2) is 9.19. The van der Waals surface area contributed by atoms with Crippen LogP contribution in [0.2, 0.25) is 0 Å². The SMILES string of the molecule is C=CCCOC(C)C(=O)NC(CN)CC(C)C. The van der Waals surface area contributed by atoms with Gasteiger partial charge < -0.3 is 15.8 Å². The molecule has 17 heavy (non-hydrogen) atoms. The van der Waals surface area contributed by atoms with Crippen LogP contribution in [0.4, 0.5) is 0 Å². The third-order valence-electron chi connectivity index (χ3n) is 2.45. The summed E-state index contributed by atoms with van der Waals surface area (Å²) in [4.78, 5) is 11.8. The lowest BCUT2D eigenvalue weighted by molar-refractivity contribution is -0.132. The lowest BCUT2D eigenvalue weighted by atomic mass is 10.0. The van der Waals surface area contributed by atoms with E-state index in [0.717, 1.165) is 12.8 Å². The Kier molecular flexibility index (Phi) is 8.72. The highest BCUT2D eigenvalue weighted by atomic mass is 16.5. The molecule has 0 saturated heterocycles. The molecule has 3 N–H and O–H groups in total. The van der Waals surface area contributed by atoms with Crippen LogP contribution in [0.5, 0.6) is 0 Å². The number of nitrogens with one attached hydrogen (secondary N) is 1. The summed E-state index contributed by atoms with van der Waals surface area (Å²) in [6.45, 7) is 10.6. The van der Waals surface area contributed by atoms with Gasteiger partial charge in [-0.15, -0.1) is 6.58 Å². The lowest BCUT2D eigenvalue weighted by Crippen LogP contribution is -2.45. The van der Waals surface area contributed by atoms with Crippen molar-refractivity contribution < 1.29 is 9.53 Å². The van der Waals surface area contributed by atoms with Crippen molar-refractivity contribution in [2.75, 3.05) is 13.2 Å². The number of hydrogen-bond acceptors (Lipinski definition) is 3. The number of ether oxygens (including phenoxy) is 1. The molecule has 0 aromatic heterocycles. The molecule has 2 unspecified atom stereocenters. The van der Waals surface area contributed by atoms with Crippen LogP contribution in [0.3, 0.4) is 0 Å². The molecule has 100 valence electrons. The number of carbonyl (C=O) groups excluding carboxylic acids is 1. The highest BCUT2D eigenvalue weighted by molar-refractivity contribution is 5.80. The van der Waals surface area contributed by atoms with Crippen molar-refractivity contribution in [3.05, 3.63) is 12.7 Å². The summed E-state index contributed by atoms with van der Waals surface area (Å²) < 4.78 is 5.37. The molecule has 0 radical (unpaired) electrons. The molecule has 2 atom stereocenters. The summed E-state index contributed by atoms with van der Waals surface area (Å²) in [5, 5.41) is 2.91. The summed E-state index contributed by atoms with van der Waals surface area (Å²) in [5.41, 5.74) is 5.62. The molecule has 0 heterocycles. The number of rotatable bonds is 9. The van der Waals surface area contributed by atoms with Gasteiger partial charge in [-0.3, -0.25) is 4.79 Å². The molecule has 0 aromatic rings. The first-order valence-electron chi connectivity index (χ1n) is 6.24. The van der Waals surface area contributed by atoms with Crippen LogP contribution in [-0.4, -0.2) is 31.2 Å². The van der Waals surface area contributed by atoms with Gasteiger partial charge in [0.05, 0.1) is 6.61 Å². The predicted octanol–water partition coefficient (Wildman–Crippen LogP) is 1.46. The van der Waals surface area contributed by atoms with Crippen LogP contribution in [-0.2, 0) is 9.53 Å². The first-order valence-corrected chi connectivity index (χ1v) is 6.24. The van der Waals surface area contributed by atoms with Gasteiger partial charge in [-0.1, -0.05) is 19.9 Å². The maximum atomic E-state index is 11.8. The molecule has 0 spiro atoms. The average molecular weight is 242 g/mol. The number of amides is 1. The topological polar surface area (TPSA) is 64.3 Å². The van der Waals surface area contributed by atoms with Crippen LogP contribution in [0.15, 0.2) is 12.7 Å². The van der Waals surface area contributed by atoms with E-state index in [-0.39, 0.29) is 11.9 Å². The van der Waals surface area contributed by atoms with Crippen LogP contribution in [0.25, 0.3) is 0 Å². The normalized spacial score (nSPS) is 14.4. The summed E-state index contributed by atoms with van der Waals surface area (Å²) in [6.07, 6.45) is 2.98. The zero-order valence-electron chi connectivity index (χ0n) is 11.2. The zero-order chi connectivity index (χ0) is 13.3. The summed E-state index contributed by atoms with van der Waals surface area (Å²) >= 11 is 0. The molecule has 4 heteroatoms.